The number of rotatable bonds is 4. The molecule has 7 nitrogen and oxygen atoms in total. The lowest BCUT2D eigenvalue weighted by Crippen LogP contribution is -2.10. The fraction of sp³-hybridized carbons (Fsp3) is 0. The van der Waals surface area contributed by atoms with Crippen LogP contribution in [0.1, 0.15) is 16.4 Å². The Morgan fingerprint density at radius 1 is 0.414 bits per heavy atom. The molecule has 0 atom stereocenters. The second-order valence-electron chi connectivity index (χ2n) is 13.9. The fourth-order valence-corrected chi connectivity index (χ4v) is 8.48. The number of aromatic nitrogens is 6. The number of furan rings is 1. The highest BCUT2D eigenvalue weighted by atomic mass is 16.3. The molecule has 270 valence electrons. The van der Waals surface area contributed by atoms with Crippen molar-refractivity contribution < 1.29 is 20.9 Å². The van der Waals surface area contributed by atoms with E-state index in [1.807, 2.05) is 109 Å². The Hall–Kier alpha value is -8.03. The topological polar surface area (TPSA) is 66.6 Å². The highest BCUT2D eigenvalue weighted by Gasteiger charge is 2.22. The first-order valence-electron chi connectivity index (χ1n) is 24.5. The summed E-state index contributed by atoms with van der Waals surface area (Å²) < 4.78 is 121. The summed E-state index contributed by atoms with van der Waals surface area (Å²) in [7, 11) is 0. The SMILES string of the molecule is [2H]c1c([2H])c(-c2nc(-n3c4ccccc4c4ccccc43)nc(-n3c4c([2H])c([2H])c([2H])c([2H])c4c4c([2H])c([2H])c([2H])c([2H])c43)n2)c([2H])c(-n2c3ccccc3c3ccc4oc5ccccc5c4c32)c1[2H]. The van der Waals surface area contributed by atoms with Crippen LogP contribution in [0.3, 0.4) is 0 Å². The summed E-state index contributed by atoms with van der Waals surface area (Å²) >= 11 is 0. The Kier molecular flexibility index (Phi) is 4.43. The molecule has 7 heteroatoms. The van der Waals surface area contributed by atoms with Crippen LogP contribution in [-0.2, 0) is 0 Å². The molecule has 0 aliphatic carbocycles. The zero-order valence-electron chi connectivity index (χ0n) is 42.0. The maximum absolute atomic E-state index is 10.2. The summed E-state index contributed by atoms with van der Waals surface area (Å²) in [5.74, 6) is -0.788. The highest BCUT2D eigenvalue weighted by molar-refractivity contribution is 6.24. The molecule has 8 aromatic carbocycles. The molecule has 0 fully saturated rings. The molecule has 0 unspecified atom stereocenters. The van der Waals surface area contributed by atoms with E-state index in [-0.39, 0.29) is 50.8 Å². The van der Waals surface area contributed by atoms with E-state index >= 15 is 0 Å². The molecule has 0 spiro atoms. The lowest BCUT2D eigenvalue weighted by Gasteiger charge is -2.14. The van der Waals surface area contributed by atoms with Gasteiger partial charge in [-0.1, -0.05) is 121 Å². The molecule has 13 rings (SSSR count). The van der Waals surface area contributed by atoms with Gasteiger partial charge in [-0.2, -0.15) is 15.0 Å². The molecule has 58 heavy (non-hydrogen) atoms. The summed E-state index contributed by atoms with van der Waals surface area (Å²) in [6.45, 7) is 0. The van der Waals surface area contributed by atoms with Crippen LogP contribution in [-0.4, -0.2) is 28.7 Å². The average Bonchev–Trinajstić information content (AvgIpc) is 4.13. The van der Waals surface area contributed by atoms with Crippen molar-refractivity contribution in [2.75, 3.05) is 0 Å². The third kappa shape index (κ3) is 4.30. The van der Waals surface area contributed by atoms with Crippen LogP contribution in [0.4, 0.5) is 0 Å². The van der Waals surface area contributed by atoms with E-state index in [2.05, 4.69) is 0 Å². The maximum atomic E-state index is 10.2. The number of nitrogens with zero attached hydrogens (tertiary/aromatic N) is 6. The lowest BCUT2D eigenvalue weighted by molar-refractivity contribution is 0.669. The van der Waals surface area contributed by atoms with Crippen molar-refractivity contribution in [3.8, 4) is 29.0 Å². The minimum absolute atomic E-state index is 0.0551. The van der Waals surface area contributed by atoms with Gasteiger partial charge in [0.25, 0.3) is 0 Å². The first-order valence-corrected chi connectivity index (χ1v) is 18.5. The molecular formula is C51H30N6O. The minimum Gasteiger partial charge on any atom is -0.456 e. The first kappa shape index (κ1) is 21.9. The van der Waals surface area contributed by atoms with Crippen molar-refractivity contribution in [3.05, 3.63) is 182 Å². The number of benzene rings is 8. The third-order valence-corrected chi connectivity index (χ3v) is 10.9. The van der Waals surface area contributed by atoms with Gasteiger partial charge in [-0.05, 0) is 60.6 Å². The summed E-state index contributed by atoms with van der Waals surface area (Å²) in [6.07, 6.45) is 0. The number of hydrogen-bond acceptors (Lipinski definition) is 4. The van der Waals surface area contributed by atoms with Gasteiger partial charge in [0.1, 0.15) is 11.2 Å². The van der Waals surface area contributed by atoms with E-state index in [1.165, 1.54) is 0 Å². The van der Waals surface area contributed by atoms with Gasteiger partial charge in [0.2, 0.25) is 11.9 Å². The summed E-state index contributed by atoms with van der Waals surface area (Å²) in [5, 5.41) is 4.32. The Bertz CT molecular complexity index is 4410. The highest BCUT2D eigenvalue weighted by Crippen LogP contribution is 2.41. The van der Waals surface area contributed by atoms with Crippen molar-refractivity contribution in [2.45, 2.75) is 0 Å². The molecule has 0 aliphatic heterocycles. The minimum atomic E-state index is -0.643. The van der Waals surface area contributed by atoms with Crippen molar-refractivity contribution in [1.82, 2.24) is 28.7 Å². The van der Waals surface area contributed by atoms with Crippen LogP contribution in [0.15, 0.2) is 186 Å². The first-order chi connectivity index (χ1) is 33.8. The summed E-state index contributed by atoms with van der Waals surface area (Å²) in [4.78, 5) is 14.9. The van der Waals surface area contributed by atoms with Crippen LogP contribution in [0.25, 0.3) is 116 Å². The smallest absolute Gasteiger partial charge is 0.240 e. The predicted molar refractivity (Wildman–Crippen MR) is 236 cm³/mol. The Morgan fingerprint density at radius 3 is 1.64 bits per heavy atom. The van der Waals surface area contributed by atoms with Crippen molar-refractivity contribution in [2.24, 2.45) is 0 Å². The molecule has 5 aromatic heterocycles. The second-order valence-corrected chi connectivity index (χ2v) is 13.9. The van der Waals surface area contributed by atoms with E-state index in [0.29, 0.717) is 38.6 Å². The van der Waals surface area contributed by atoms with Crippen LogP contribution in [0.5, 0.6) is 0 Å². The maximum Gasteiger partial charge on any atom is 0.240 e. The third-order valence-electron chi connectivity index (χ3n) is 10.9. The molecule has 0 bridgehead atoms. The molecule has 0 aliphatic rings. The quantitative estimate of drug-likeness (QED) is 0.179. The lowest BCUT2D eigenvalue weighted by atomic mass is 10.1. The van der Waals surface area contributed by atoms with E-state index in [4.69, 9.17) is 27.6 Å². The molecule has 0 saturated heterocycles. The molecule has 13 aromatic rings. The standard InChI is InChI=1S/C51H30N6O/c1-8-23-41-33(16-1)34-17-2-9-24-42(34)56(41)50-52-49(53-51(54-50)57-43-25-10-3-18-35(43)36-19-4-11-26-44(36)57)31-14-13-15-32(30-31)55-40-22-7-5-20-37(40)38-28-29-46-47(48(38)55)39-21-6-12-27-45(39)58-46/h1-30H/i1D,2D,8D,9D,13D,14D,15D,16D,17D,23D,24D,30D. The van der Waals surface area contributed by atoms with Crippen molar-refractivity contribution >= 4 is 87.4 Å². The molecular weight excluding hydrogens is 713 g/mol. The van der Waals surface area contributed by atoms with E-state index in [0.717, 1.165) is 31.5 Å². The summed E-state index contributed by atoms with van der Waals surface area (Å²) in [5.41, 5.74) is 2.83. The monoisotopic (exact) mass is 754 g/mol. The van der Waals surface area contributed by atoms with E-state index in [1.54, 1.807) is 9.13 Å². The molecule has 0 amide bonds. The van der Waals surface area contributed by atoms with Gasteiger partial charge >= 0.3 is 0 Å². The molecule has 0 saturated carbocycles. The Morgan fingerprint density at radius 2 is 0.966 bits per heavy atom. The Labute approximate surface area is 347 Å². The van der Waals surface area contributed by atoms with Crippen LogP contribution < -0.4 is 0 Å². The van der Waals surface area contributed by atoms with Crippen molar-refractivity contribution in [1.29, 1.82) is 0 Å². The number of fused-ring (bicyclic) bond motifs is 13. The zero-order valence-corrected chi connectivity index (χ0v) is 30.0. The molecule has 0 N–H and O–H groups in total. The van der Waals surface area contributed by atoms with Crippen molar-refractivity contribution in [3.63, 3.8) is 0 Å². The average molecular weight is 755 g/mol. The van der Waals surface area contributed by atoms with Gasteiger partial charge in [0.05, 0.1) is 54.9 Å². The predicted octanol–water partition coefficient (Wildman–Crippen LogP) is 12.7. The van der Waals surface area contributed by atoms with Gasteiger partial charge in [0, 0.05) is 49.0 Å². The zero-order chi connectivity index (χ0) is 48.3. The summed E-state index contributed by atoms with van der Waals surface area (Å²) in [6, 6.07) is 27.1. The van der Waals surface area contributed by atoms with Gasteiger partial charge in [-0.3, -0.25) is 9.13 Å². The number of hydrogen-bond donors (Lipinski definition) is 0. The largest absolute Gasteiger partial charge is 0.456 e. The fourth-order valence-electron chi connectivity index (χ4n) is 8.48. The van der Waals surface area contributed by atoms with Gasteiger partial charge in [0.15, 0.2) is 5.82 Å². The van der Waals surface area contributed by atoms with Crippen LogP contribution >= 0.6 is 0 Å². The Balaban J connectivity index is 1.21. The number of para-hydroxylation sites is 6. The van der Waals surface area contributed by atoms with Crippen LogP contribution in [0.2, 0.25) is 0 Å². The van der Waals surface area contributed by atoms with Crippen LogP contribution in [0, 0.1) is 0 Å². The molecule has 0 radical (unpaired) electrons. The second kappa shape index (κ2) is 11.7. The van der Waals surface area contributed by atoms with Gasteiger partial charge < -0.3 is 8.98 Å². The van der Waals surface area contributed by atoms with E-state index in [9.17, 15) is 8.22 Å². The molecule has 5 heterocycles. The van der Waals surface area contributed by atoms with E-state index < -0.39 is 72.5 Å². The van der Waals surface area contributed by atoms with Gasteiger partial charge in [-0.15, -0.1) is 0 Å². The normalized spacial score (nSPS) is 15.0. The van der Waals surface area contributed by atoms with Gasteiger partial charge in [-0.25, -0.2) is 0 Å².